The van der Waals surface area contributed by atoms with Gasteiger partial charge in [0.25, 0.3) is 0 Å². The van der Waals surface area contributed by atoms with Gasteiger partial charge in [-0.3, -0.25) is 0 Å². The first kappa shape index (κ1) is 12.9. The second kappa shape index (κ2) is 5.42. The quantitative estimate of drug-likeness (QED) is 0.865. The van der Waals surface area contributed by atoms with Crippen LogP contribution in [-0.2, 0) is 5.75 Å². The summed E-state index contributed by atoms with van der Waals surface area (Å²) in [4.78, 5) is 0. The highest BCUT2D eigenvalue weighted by atomic mass is 32.2. The predicted octanol–water partition coefficient (Wildman–Crippen LogP) is 2.34. The highest BCUT2D eigenvalue weighted by Crippen LogP contribution is 2.31. The van der Waals surface area contributed by atoms with Crippen LogP contribution < -0.4 is 5.32 Å². The van der Waals surface area contributed by atoms with Crippen molar-refractivity contribution in [3.8, 4) is 0 Å². The van der Waals surface area contributed by atoms with E-state index in [4.69, 9.17) is 0 Å². The van der Waals surface area contributed by atoms with E-state index in [2.05, 4.69) is 36.5 Å². The molecule has 1 saturated heterocycles. The van der Waals surface area contributed by atoms with E-state index in [1.807, 2.05) is 18.7 Å². The molecule has 0 saturated carbocycles. The van der Waals surface area contributed by atoms with Crippen LogP contribution in [-0.4, -0.2) is 29.0 Å². The Morgan fingerprint density at radius 3 is 2.94 bits per heavy atom. The lowest BCUT2D eigenvalue weighted by atomic mass is 9.94. The Labute approximate surface area is 108 Å². The van der Waals surface area contributed by atoms with Crippen molar-refractivity contribution >= 4 is 11.8 Å². The van der Waals surface area contributed by atoms with E-state index in [1.54, 1.807) is 0 Å². The maximum Gasteiger partial charge on any atom is 0.0762 e. The number of rotatable bonds is 3. The molecule has 1 aliphatic heterocycles. The standard InChI is InChI=1S/C14H21NOS/c1-11-5-3-4-6-12(11)10-17-13-9-15-8-7-14(13,2)16/h3-6,13,15-16H,7-10H2,1-2H3. The molecule has 1 aromatic carbocycles. The molecule has 0 amide bonds. The minimum absolute atomic E-state index is 0.288. The van der Waals surface area contributed by atoms with E-state index in [-0.39, 0.29) is 5.25 Å². The fourth-order valence-corrected chi connectivity index (χ4v) is 3.57. The van der Waals surface area contributed by atoms with Crippen LogP contribution in [0.2, 0.25) is 0 Å². The summed E-state index contributed by atoms with van der Waals surface area (Å²) in [5, 5.41) is 14.0. The molecule has 0 aromatic heterocycles. The molecule has 1 heterocycles. The van der Waals surface area contributed by atoms with Crippen molar-refractivity contribution in [3.63, 3.8) is 0 Å². The highest BCUT2D eigenvalue weighted by Gasteiger charge is 2.34. The molecular weight excluding hydrogens is 230 g/mol. The monoisotopic (exact) mass is 251 g/mol. The SMILES string of the molecule is Cc1ccccc1CSC1CNCCC1(C)O. The minimum atomic E-state index is -0.529. The number of hydrogen-bond donors (Lipinski definition) is 2. The molecular formula is C14H21NOS. The van der Waals surface area contributed by atoms with Gasteiger partial charge in [-0.2, -0.15) is 0 Å². The smallest absolute Gasteiger partial charge is 0.0762 e. The number of nitrogens with one attached hydrogen (secondary N) is 1. The van der Waals surface area contributed by atoms with Gasteiger partial charge in [-0.25, -0.2) is 0 Å². The molecule has 0 radical (unpaired) electrons. The van der Waals surface area contributed by atoms with Crippen LogP contribution >= 0.6 is 11.8 Å². The number of benzene rings is 1. The molecule has 1 aromatic rings. The first-order chi connectivity index (χ1) is 8.09. The molecule has 1 aliphatic rings. The van der Waals surface area contributed by atoms with Gasteiger partial charge in [0.05, 0.1) is 5.60 Å². The molecule has 94 valence electrons. The van der Waals surface area contributed by atoms with Gasteiger partial charge < -0.3 is 10.4 Å². The zero-order valence-electron chi connectivity index (χ0n) is 10.6. The van der Waals surface area contributed by atoms with Crippen LogP contribution in [0.3, 0.4) is 0 Å². The fraction of sp³-hybridized carbons (Fsp3) is 0.571. The van der Waals surface area contributed by atoms with Crippen LogP contribution in [0.15, 0.2) is 24.3 Å². The maximum absolute atomic E-state index is 10.3. The van der Waals surface area contributed by atoms with Crippen LogP contribution in [0.5, 0.6) is 0 Å². The predicted molar refractivity (Wildman–Crippen MR) is 74.4 cm³/mol. The van der Waals surface area contributed by atoms with E-state index in [9.17, 15) is 5.11 Å². The lowest BCUT2D eigenvalue weighted by Crippen LogP contribution is -2.50. The molecule has 2 N–H and O–H groups in total. The molecule has 2 unspecified atom stereocenters. The molecule has 2 rings (SSSR count). The Bertz CT molecular complexity index is 378. The van der Waals surface area contributed by atoms with Gasteiger partial charge >= 0.3 is 0 Å². The van der Waals surface area contributed by atoms with E-state index in [1.165, 1.54) is 11.1 Å². The zero-order chi connectivity index (χ0) is 12.3. The number of aryl methyl sites for hydroxylation is 1. The van der Waals surface area contributed by atoms with Gasteiger partial charge in [0.15, 0.2) is 0 Å². The van der Waals surface area contributed by atoms with E-state index in [0.717, 1.165) is 25.3 Å². The summed E-state index contributed by atoms with van der Waals surface area (Å²) in [7, 11) is 0. The first-order valence-electron chi connectivity index (χ1n) is 6.19. The minimum Gasteiger partial charge on any atom is -0.389 e. The summed E-state index contributed by atoms with van der Waals surface area (Å²) in [5.41, 5.74) is 2.18. The van der Waals surface area contributed by atoms with Gasteiger partial charge in [0.2, 0.25) is 0 Å². The summed E-state index contributed by atoms with van der Waals surface area (Å²) >= 11 is 1.86. The average Bonchev–Trinajstić information content (AvgIpc) is 2.29. The van der Waals surface area contributed by atoms with Crippen LogP contribution in [0.4, 0.5) is 0 Å². The largest absolute Gasteiger partial charge is 0.389 e. The molecule has 0 aliphatic carbocycles. The van der Waals surface area contributed by atoms with Gasteiger partial charge in [0, 0.05) is 17.5 Å². The lowest BCUT2D eigenvalue weighted by molar-refractivity contribution is 0.0355. The molecule has 2 atom stereocenters. The Kier molecular flexibility index (Phi) is 4.13. The Balaban J connectivity index is 1.96. The number of hydrogen-bond acceptors (Lipinski definition) is 3. The zero-order valence-corrected chi connectivity index (χ0v) is 11.4. The van der Waals surface area contributed by atoms with Crippen LogP contribution in [0.25, 0.3) is 0 Å². The molecule has 17 heavy (non-hydrogen) atoms. The van der Waals surface area contributed by atoms with Crippen molar-refractivity contribution in [1.82, 2.24) is 5.32 Å². The first-order valence-corrected chi connectivity index (χ1v) is 7.24. The third kappa shape index (κ3) is 3.24. The highest BCUT2D eigenvalue weighted by molar-refractivity contribution is 7.99. The van der Waals surface area contributed by atoms with Crippen LogP contribution in [0, 0.1) is 6.92 Å². The van der Waals surface area contributed by atoms with Gasteiger partial charge in [-0.1, -0.05) is 24.3 Å². The second-order valence-electron chi connectivity index (χ2n) is 5.04. The van der Waals surface area contributed by atoms with Crippen molar-refractivity contribution in [2.45, 2.75) is 36.9 Å². The van der Waals surface area contributed by atoms with Crippen molar-refractivity contribution < 1.29 is 5.11 Å². The number of aliphatic hydroxyl groups is 1. The molecule has 3 heteroatoms. The Morgan fingerprint density at radius 1 is 1.47 bits per heavy atom. The molecule has 1 fully saturated rings. The lowest BCUT2D eigenvalue weighted by Gasteiger charge is -2.37. The van der Waals surface area contributed by atoms with Gasteiger partial charge in [-0.05, 0) is 37.9 Å². The van der Waals surface area contributed by atoms with Gasteiger partial charge in [-0.15, -0.1) is 11.8 Å². The number of thioether (sulfide) groups is 1. The number of piperidine rings is 1. The summed E-state index contributed by atoms with van der Waals surface area (Å²) < 4.78 is 0. The van der Waals surface area contributed by atoms with Crippen molar-refractivity contribution in [2.24, 2.45) is 0 Å². The summed E-state index contributed by atoms with van der Waals surface area (Å²) in [6.07, 6.45) is 0.846. The fourth-order valence-electron chi connectivity index (χ4n) is 2.16. The Morgan fingerprint density at radius 2 is 2.24 bits per heavy atom. The summed E-state index contributed by atoms with van der Waals surface area (Å²) in [6, 6.07) is 8.47. The Hall–Kier alpha value is -0.510. The summed E-state index contributed by atoms with van der Waals surface area (Å²) in [6.45, 7) is 5.94. The molecule has 0 spiro atoms. The van der Waals surface area contributed by atoms with E-state index in [0.29, 0.717) is 0 Å². The van der Waals surface area contributed by atoms with Crippen molar-refractivity contribution in [3.05, 3.63) is 35.4 Å². The summed E-state index contributed by atoms with van der Waals surface area (Å²) in [5.74, 6) is 0.981. The second-order valence-corrected chi connectivity index (χ2v) is 6.23. The van der Waals surface area contributed by atoms with Gasteiger partial charge in [0.1, 0.15) is 0 Å². The normalized spacial score (nSPS) is 29.2. The topological polar surface area (TPSA) is 32.3 Å². The molecule has 2 nitrogen and oxygen atoms in total. The third-order valence-electron chi connectivity index (χ3n) is 3.53. The molecule has 0 bridgehead atoms. The maximum atomic E-state index is 10.3. The third-order valence-corrected chi connectivity index (χ3v) is 5.09. The van der Waals surface area contributed by atoms with E-state index < -0.39 is 5.60 Å². The average molecular weight is 251 g/mol. The van der Waals surface area contributed by atoms with Crippen molar-refractivity contribution in [2.75, 3.05) is 13.1 Å². The van der Waals surface area contributed by atoms with Crippen LogP contribution in [0.1, 0.15) is 24.5 Å². The van der Waals surface area contributed by atoms with E-state index >= 15 is 0 Å². The van der Waals surface area contributed by atoms with Crippen molar-refractivity contribution in [1.29, 1.82) is 0 Å².